The Morgan fingerprint density at radius 2 is 1.79 bits per heavy atom. The minimum absolute atomic E-state index is 0.0104. The normalized spacial score (nSPS) is 11.3. The van der Waals surface area contributed by atoms with Crippen LogP contribution in [-0.2, 0) is 21.2 Å². The average Bonchev–Trinajstić information content (AvgIpc) is 2.64. The summed E-state index contributed by atoms with van der Waals surface area (Å²) in [5.41, 5.74) is 1.72. The fraction of sp³-hybridized carbons (Fsp3) is 0.0526. The van der Waals surface area contributed by atoms with E-state index in [2.05, 4.69) is 10.3 Å². The van der Waals surface area contributed by atoms with Crippen LogP contribution in [0.4, 0.5) is 5.69 Å². The maximum Gasteiger partial charge on any atom is 0.238 e. The number of sulfonamides is 1. The van der Waals surface area contributed by atoms with E-state index >= 15 is 0 Å². The first-order valence-corrected chi connectivity index (χ1v) is 10.8. The molecule has 0 saturated carbocycles. The van der Waals surface area contributed by atoms with Crippen LogP contribution in [0.5, 0.6) is 0 Å². The lowest BCUT2D eigenvalue weighted by molar-refractivity contribution is -0.115. The summed E-state index contributed by atoms with van der Waals surface area (Å²) in [5.74, 6) is -0.379. The predicted octanol–water partition coefficient (Wildman–Crippen LogP) is 4.54. The Labute approximate surface area is 182 Å². The molecule has 3 aromatic rings. The summed E-state index contributed by atoms with van der Waals surface area (Å²) in [7, 11) is -4.07. The van der Waals surface area contributed by atoms with E-state index in [1.807, 2.05) is 0 Å². The van der Waals surface area contributed by atoms with Gasteiger partial charge in [0.2, 0.25) is 15.9 Å². The Bertz CT molecular complexity index is 1180. The van der Waals surface area contributed by atoms with Crippen LogP contribution in [0.3, 0.4) is 0 Å². The van der Waals surface area contributed by atoms with E-state index < -0.39 is 10.0 Å². The van der Waals surface area contributed by atoms with Gasteiger partial charge in [0.05, 0.1) is 11.3 Å². The van der Waals surface area contributed by atoms with Crippen LogP contribution in [0.25, 0.3) is 11.1 Å². The molecule has 1 aromatic heterocycles. The van der Waals surface area contributed by atoms with Gasteiger partial charge < -0.3 is 5.32 Å². The van der Waals surface area contributed by atoms with Crippen LogP contribution in [0.2, 0.25) is 15.2 Å². The lowest BCUT2D eigenvalue weighted by Gasteiger charge is -2.12. The highest BCUT2D eigenvalue weighted by molar-refractivity contribution is 7.89. The van der Waals surface area contributed by atoms with Gasteiger partial charge in [0.15, 0.2) is 0 Å². The number of halogens is 3. The average molecular weight is 471 g/mol. The van der Waals surface area contributed by atoms with E-state index in [0.29, 0.717) is 26.7 Å². The van der Waals surface area contributed by atoms with Crippen molar-refractivity contribution in [2.75, 3.05) is 5.32 Å². The summed E-state index contributed by atoms with van der Waals surface area (Å²) in [6.07, 6.45) is 1.43. The monoisotopic (exact) mass is 469 g/mol. The van der Waals surface area contributed by atoms with Crippen LogP contribution in [-0.4, -0.2) is 19.3 Å². The van der Waals surface area contributed by atoms with Crippen molar-refractivity contribution in [2.24, 2.45) is 5.14 Å². The van der Waals surface area contributed by atoms with Gasteiger partial charge in [0.1, 0.15) is 5.15 Å². The molecule has 0 bridgehead atoms. The fourth-order valence-corrected chi connectivity index (χ4v) is 4.02. The highest BCUT2D eigenvalue weighted by atomic mass is 35.5. The Morgan fingerprint density at radius 3 is 2.41 bits per heavy atom. The lowest BCUT2D eigenvalue weighted by Crippen LogP contribution is -2.17. The van der Waals surface area contributed by atoms with Gasteiger partial charge in [0.25, 0.3) is 0 Å². The van der Waals surface area contributed by atoms with Gasteiger partial charge in [-0.25, -0.2) is 18.5 Å². The van der Waals surface area contributed by atoms with Gasteiger partial charge in [-0.15, -0.1) is 0 Å². The zero-order valence-corrected chi connectivity index (χ0v) is 17.8. The van der Waals surface area contributed by atoms with Crippen molar-refractivity contribution in [3.63, 3.8) is 0 Å². The molecular formula is C19H14Cl3N3O3S. The van der Waals surface area contributed by atoms with E-state index in [9.17, 15) is 13.2 Å². The van der Waals surface area contributed by atoms with E-state index in [1.54, 1.807) is 30.3 Å². The zero-order chi connectivity index (χ0) is 21.2. The molecule has 1 amide bonds. The Hall–Kier alpha value is -2.16. The second-order valence-electron chi connectivity index (χ2n) is 6.09. The van der Waals surface area contributed by atoms with Crippen molar-refractivity contribution in [3.8, 4) is 11.1 Å². The number of nitrogens with two attached hydrogens (primary N) is 1. The Balaban J connectivity index is 1.88. The number of rotatable bonds is 5. The van der Waals surface area contributed by atoms with Crippen molar-refractivity contribution >= 4 is 56.4 Å². The first-order valence-electron chi connectivity index (χ1n) is 8.16. The minimum Gasteiger partial charge on any atom is -0.326 e. The summed E-state index contributed by atoms with van der Waals surface area (Å²) in [4.78, 5) is 16.2. The molecule has 150 valence electrons. The molecule has 10 heteroatoms. The summed E-state index contributed by atoms with van der Waals surface area (Å²) in [6.45, 7) is 0. The molecular weight excluding hydrogens is 457 g/mol. The van der Waals surface area contributed by atoms with Crippen molar-refractivity contribution < 1.29 is 13.2 Å². The van der Waals surface area contributed by atoms with Crippen molar-refractivity contribution in [1.29, 1.82) is 0 Å². The minimum atomic E-state index is -4.07. The smallest absolute Gasteiger partial charge is 0.238 e. The molecule has 0 spiro atoms. The first kappa shape index (κ1) is 21.5. The molecule has 0 atom stereocenters. The summed E-state index contributed by atoms with van der Waals surface area (Å²) in [5, 5.41) is 9.11. The number of carbonyl (C=O) groups is 1. The molecule has 0 saturated heterocycles. The fourth-order valence-electron chi connectivity index (χ4n) is 2.65. The third kappa shape index (κ3) is 5.46. The molecule has 29 heavy (non-hydrogen) atoms. The molecule has 0 unspecified atom stereocenters. The number of nitrogens with one attached hydrogen (secondary N) is 1. The zero-order valence-electron chi connectivity index (χ0n) is 14.7. The summed E-state index contributed by atoms with van der Waals surface area (Å²) < 4.78 is 24.2. The number of nitrogens with zero attached hydrogens (tertiary/aromatic N) is 1. The molecule has 0 aliphatic carbocycles. The van der Waals surface area contributed by atoms with Crippen LogP contribution in [0, 0.1) is 0 Å². The third-order valence-corrected chi connectivity index (χ3v) is 5.74. The molecule has 1 heterocycles. The standard InChI is InChI=1S/C19H14Cl3N3O3S/c20-13-3-1-11(16(21)8-13)7-19(26)25-14-4-5-15(17(9-14)29(23,27)28)12-2-6-18(22)24-10-12/h1-6,8-10H,7H2,(H,25,26)(H2,23,27,28). The molecule has 0 aliphatic heterocycles. The first-order chi connectivity index (χ1) is 13.6. The summed E-state index contributed by atoms with van der Waals surface area (Å²) in [6, 6.07) is 12.4. The Morgan fingerprint density at radius 1 is 1.03 bits per heavy atom. The van der Waals surface area contributed by atoms with Gasteiger partial charge in [-0.05, 0) is 42.0 Å². The number of primary sulfonamides is 1. The molecule has 6 nitrogen and oxygen atoms in total. The van der Waals surface area contributed by atoms with Crippen molar-refractivity contribution in [3.05, 3.63) is 75.5 Å². The van der Waals surface area contributed by atoms with E-state index in [1.165, 1.54) is 24.4 Å². The number of hydrogen-bond acceptors (Lipinski definition) is 4. The topological polar surface area (TPSA) is 102 Å². The van der Waals surface area contributed by atoms with E-state index in [4.69, 9.17) is 39.9 Å². The number of amides is 1. The maximum atomic E-state index is 12.4. The van der Waals surface area contributed by atoms with E-state index in [0.717, 1.165) is 0 Å². The lowest BCUT2D eigenvalue weighted by atomic mass is 10.1. The second kappa shape index (κ2) is 8.69. The number of hydrogen-bond donors (Lipinski definition) is 2. The second-order valence-corrected chi connectivity index (χ2v) is 8.85. The summed E-state index contributed by atoms with van der Waals surface area (Å²) >= 11 is 17.7. The van der Waals surface area contributed by atoms with Crippen molar-refractivity contribution in [1.82, 2.24) is 4.98 Å². The third-order valence-electron chi connectivity index (χ3n) is 3.98. The molecule has 3 rings (SSSR count). The molecule has 3 N–H and O–H groups in total. The van der Waals surface area contributed by atoms with Gasteiger partial charge >= 0.3 is 0 Å². The number of carbonyl (C=O) groups excluding carboxylic acids is 1. The highest BCUT2D eigenvalue weighted by Crippen LogP contribution is 2.30. The number of anilines is 1. The molecule has 0 aliphatic rings. The number of benzene rings is 2. The van der Waals surface area contributed by atoms with Gasteiger partial charge in [0, 0.05) is 33.1 Å². The highest BCUT2D eigenvalue weighted by Gasteiger charge is 2.17. The van der Waals surface area contributed by atoms with Gasteiger partial charge in [-0.3, -0.25) is 4.79 Å². The Kier molecular flexibility index (Phi) is 6.45. The SMILES string of the molecule is NS(=O)(=O)c1cc(NC(=O)Cc2ccc(Cl)cc2Cl)ccc1-c1ccc(Cl)nc1. The van der Waals surface area contributed by atoms with Gasteiger partial charge in [-0.2, -0.15) is 0 Å². The van der Waals surface area contributed by atoms with Crippen LogP contribution in [0.15, 0.2) is 59.6 Å². The number of pyridine rings is 1. The van der Waals surface area contributed by atoms with E-state index in [-0.39, 0.29) is 28.1 Å². The quantitative estimate of drug-likeness (QED) is 0.534. The van der Waals surface area contributed by atoms with Crippen LogP contribution in [0.1, 0.15) is 5.56 Å². The van der Waals surface area contributed by atoms with Gasteiger partial charge in [-0.1, -0.05) is 46.9 Å². The molecule has 0 radical (unpaired) electrons. The van der Waals surface area contributed by atoms with Crippen molar-refractivity contribution in [2.45, 2.75) is 11.3 Å². The largest absolute Gasteiger partial charge is 0.326 e. The van der Waals surface area contributed by atoms with Crippen LogP contribution < -0.4 is 10.5 Å². The predicted molar refractivity (Wildman–Crippen MR) is 115 cm³/mol. The molecule has 0 fully saturated rings. The van der Waals surface area contributed by atoms with Crippen LogP contribution >= 0.6 is 34.8 Å². The maximum absolute atomic E-state index is 12.4. The number of aromatic nitrogens is 1. The molecule has 2 aromatic carbocycles.